The first-order valence-electron chi connectivity index (χ1n) is 5.53. The summed E-state index contributed by atoms with van der Waals surface area (Å²) >= 11 is 0. The Morgan fingerprint density at radius 1 is 0.778 bits per heavy atom. The molecule has 0 aromatic heterocycles. The van der Waals surface area contributed by atoms with Crippen molar-refractivity contribution in [1.82, 2.24) is 0 Å². The van der Waals surface area contributed by atoms with Crippen molar-refractivity contribution in [2.24, 2.45) is 20.9 Å². The van der Waals surface area contributed by atoms with E-state index in [0.29, 0.717) is 0 Å². The summed E-state index contributed by atoms with van der Waals surface area (Å²) in [4.78, 5) is 16.2. The van der Waals surface area contributed by atoms with Crippen LogP contribution in [0.15, 0.2) is 20.9 Å². The molecule has 8 heteroatoms. The molecule has 0 atom stereocenters. The van der Waals surface area contributed by atoms with Gasteiger partial charge in [-0.2, -0.15) is 10.2 Å². The molecule has 108 valence electrons. The molecule has 0 radical (unpaired) electrons. The molecule has 0 heterocycles. The Kier molecular flexibility index (Phi) is 14.3. The van der Waals surface area contributed by atoms with Crippen LogP contribution in [0.4, 0.5) is 0 Å². The molecule has 0 unspecified atom stereocenters. The van der Waals surface area contributed by atoms with Crippen LogP contribution < -0.4 is 0 Å². The first-order chi connectivity index (χ1) is 8.16. The molecule has 0 amide bonds. The molecule has 0 aliphatic heterocycles. The number of hydrogen-bond donors (Lipinski definition) is 2. The minimum absolute atomic E-state index is 0.00639. The fourth-order valence-electron chi connectivity index (χ4n) is 0.412. The summed E-state index contributed by atoms with van der Waals surface area (Å²) in [7, 11) is 0. The van der Waals surface area contributed by atoms with Gasteiger partial charge in [0.05, 0.1) is 11.1 Å². The van der Waals surface area contributed by atoms with E-state index < -0.39 is 0 Å². The minimum Gasteiger partial charge on any atom is -0.379 e. The lowest BCUT2D eigenvalue weighted by Gasteiger charge is -2.20. The lowest BCUT2D eigenvalue weighted by atomic mass is 10.0. The van der Waals surface area contributed by atoms with Crippen LogP contribution in [0.5, 0.6) is 0 Å². The fraction of sp³-hybridized carbons (Fsp3) is 1.00. The molecular formula is C10H24N4O4. The summed E-state index contributed by atoms with van der Waals surface area (Å²) in [5.41, 5.74) is 0.0128. The van der Waals surface area contributed by atoms with Crippen molar-refractivity contribution < 1.29 is 10.4 Å². The van der Waals surface area contributed by atoms with E-state index in [1.165, 1.54) is 10.7 Å². The van der Waals surface area contributed by atoms with E-state index in [1.54, 1.807) is 0 Å². The Bertz CT molecular complexity index is 218. The van der Waals surface area contributed by atoms with Crippen molar-refractivity contribution in [3.05, 3.63) is 9.81 Å². The highest BCUT2D eigenvalue weighted by Gasteiger charge is 2.17. The van der Waals surface area contributed by atoms with E-state index >= 15 is 0 Å². The number of azo groups is 1. The maximum atomic E-state index is 8.11. The lowest BCUT2D eigenvalue weighted by molar-refractivity contribution is 0.312. The van der Waals surface area contributed by atoms with Crippen LogP contribution >= 0.6 is 0 Å². The molecule has 0 saturated heterocycles. The first kappa shape index (κ1) is 21.7. The highest BCUT2D eigenvalue weighted by molar-refractivity contribution is 4.78. The van der Waals surface area contributed by atoms with Crippen molar-refractivity contribution >= 4 is 0 Å². The highest BCUT2D eigenvalue weighted by Crippen LogP contribution is 2.20. The molecular weight excluding hydrogens is 240 g/mol. The van der Waals surface area contributed by atoms with Gasteiger partial charge in [0, 0.05) is 0 Å². The van der Waals surface area contributed by atoms with Gasteiger partial charge in [-0.15, -0.1) is 9.81 Å². The van der Waals surface area contributed by atoms with Gasteiger partial charge < -0.3 is 10.4 Å². The molecule has 0 fully saturated rings. The van der Waals surface area contributed by atoms with E-state index in [4.69, 9.17) is 20.2 Å². The first-order valence-corrected chi connectivity index (χ1v) is 5.53. The summed E-state index contributed by atoms with van der Waals surface area (Å²) in [6.45, 7) is 12.7. The van der Waals surface area contributed by atoms with Gasteiger partial charge in [-0.3, -0.25) is 0 Å². The lowest BCUT2D eigenvalue weighted by Crippen LogP contribution is -2.19. The topological polar surface area (TPSA) is 124 Å². The zero-order valence-electron chi connectivity index (χ0n) is 11.9. The molecule has 0 spiro atoms. The molecule has 18 heavy (non-hydrogen) atoms. The standard InChI is InChI=1S/C10H22N2.2HNO2/c1-7-9(3,4)11-12-10(5,6)8-2;2*2-1-3/h7-8H2,1-6H3;2*(H,2,3). The van der Waals surface area contributed by atoms with Crippen molar-refractivity contribution in [1.29, 1.82) is 0 Å². The van der Waals surface area contributed by atoms with E-state index in [1.807, 2.05) is 0 Å². The predicted octanol–water partition coefficient (Wildman–Crippen LogP) is 4.10. The minimum atomic E-state index is 0.00639. The Hall–Kier alpha value is -1.60. The third kappa shape index (κ3) is 19.9. The maximum Gasteiger partial charge on any atom is 0.152 e. The van der Waals surface area contributed by atoms with Crippen LogP contribution in [-0.2, 0) is 0 Å². The fourth-order valence-corrected chi connectivity index (χ4v) is 0.412. The smallest absolute Gasteiger partial charge is 0.152 e. The van der Waals surface area contributed by atoms with Crippen molar-refractivity contribution in [3.8, 4) is 0 Å². The molecule has 0 aliphatic rings. The normalized spacial score (nSPS) is 10.8. The van der Waals surface area contributed by atoms with Gasteiger partial charge in [-0.1, -0.05) is 13.8 Å². The highest BCUT2D eigenvalue weighted by atomic mass is 16.6. The second-order valence-corrected chi connectivity index (χ2v) is 4.70. The molecule has 0 saturated carbocycles. The van der Waals surface area contributed by atoms with Crippen LogP contribution in [0.25, 0.3) is 0 Å². The molecule has 0 aliphatic carbocycles. The molecule has 0 rings (SSSR count). The third-order valence-electron chi connectivity index (χ3n) is 2.32. The summed E-state index contributed by atoms with van der Waals surface area (Å²) < 4.78 is 0. The largest absolute Gasteiger partial charge is 0.379 e. The number of nitrogens with zero attached hydrogens (tertiary/aromatic N) is 4. The average molecular weight is 264 g/mol. The van der Waals surface area contributed by atoms with Gasteiger partial charge in [0.1, 0.15) is 0 Å². The van der Waals surface area contributed by atoms with E-state index in [9.17, 15) is 0 Å². The van der Waals surface area contributed by atoms with Crippen LogP contribution in [0.1, 0.15) is 54.4 Å². The van der Waals surface area contributed by atoms with Gasteiger partial charge in [-0.25, -0.2) is 0 Å². The zero-order chi connectivity index (χ0) is 15.2. The number of rotatable bonds is 4. The predicted molar refractivity (Wildman–Crippen MR) is 68.8 cm³/mol. The van der Waals surface area contributed by atoms with Gasteiger partial charge >= 0.3 is 0 Å². The molecule has 8 nitrogen and oxygen atoms in total. The van der Waals surface area contributed by atoms with E-state index in [2.05, 4.69) is 51.8 Å². The van der Waals surface area contributed by atoms with Crippen LogP contribution in [0.3, 0.4) is 0 Å². The van der Waals surface area contributed by atoms with Crippen molar-refractivity contribution in [3.63, 3.8) is 0 Å². The Labute approximate surface area is 107 Å². The SMILES string of the molecule is CCC(C)(C)N=NC(C)(C)CC.O=NO.O=NO. The zero-order valence-corrected chi connectivity index (χ0v) is 11.9. The third-order valence-corrected chi connectivity index (χ3v) is 2.32. The van der Waals surface area contributed by atoms with E-state index in [-0.39, 0.29) is 11.1 Å². The molecule has 0 aromatic rings. The monoisotopic (exact) mass is 264 g/mol. The Morgan fingerprint density at radius 2 is 0.944 bits per heavy atom. The van der Waals surface area contributed by atoms with E-state index in [0.717, 1.165) is 12.8 Å². The quantitative estimate of drug-likeness (QED) is 0.450. The van der Waals surface area contributed by atoms with Gasteiger partial charge in [-0.05, 0) is 40.5 Å². The second-order valence-electron chi connectivity index (χ2n) is 4.70. The van der Waals surface area contributed by atoms with Gasteiger partial charge in [0.15, 0.2) is 10.7 Å². The summed E-state index contributed by atoms with van der Waals surface area (Å²) in [6, 6.07) is 0. The molecule has 0 aromatic carbocycles. The van der Waals surface area contributed by atoms with Gasteiger partial charge in [0.25, 0.3) is 0 Å². The average Bonchev–Trinajstić information content (AvgIpc) is 2.29. The van der Waals surface area contributed by atoms with Gasteiger partial charge in [0.2, 0.25) is 0 Å². The summed E-state index contributed by atoms with van der Waals surface area (Å²) in [6.07, 6.45) is 2.08. The second kappa shape index (κ2) is 11.9. The summed E-state index contributed by atoms with van der Waals surface area (Å²) in [5.74, 6) is 0. The molecule has 2 N–H and O–H groups in total. The van der Waals surface area contributed by atoms with Crippen LogP contribution in [0, 0.1) is 9.81 Å². The summed E-state index contributed by atoms with van der Waals surface area (Å²) in [5, 5.41) is 24.5. The van der Waals surface area contributed by atoms with Crippen molar-refractivity contribution in [2.75, 3.05) is 0 Å². The van der Waals surface area contributed by atoms with Crippen LogP contribution in [-0.4, -0.2) is 21.5 Å². The Morgan fingerprint density at radius 3 is 1.06 bits per heavy atom. The Balaban J connectivity index is -0.000000315. The maximum absolute atomic E-state index is 8.11. The molecule has 0 bridgehead atoms. The van der Waals surface area contributed by atoms with Crippen LogP contribution in [0.2, 0.25) is 0 Å². The van der Waals surface area contributed by atoms with Crippen molar-refractivity contribution in [2.45, 2.75) is 65.5 Å². The number of hydrogen-bond acceptors (Lipinski definition) is 6.